The number of fused-ring (bicyclic) bond motifs is 1. The maximum absolute atomic E-state index is 12.9. The van der Waals surface area contributed by atoms with Crippen molar-refractivity contribution in [1.29, 1.82) is 0 Å². The largest absolute Gasteiger partial charge is 0.325 e. The van der Waals surface area contributed by atoms with Gasteiger partial charge in [-0.2, -0.15) is 4.31 Å². The number of anilines is 1. The van der Waals surface area contributed by atoms with Crippen molar-refractivity contribution in [2.45, 2.75) is 56.3 Å². The van der Waals surface area contributed by atoms with E-state index in [2.05, 4.69) is 10.2 Å². The minimum absolute atomic E-state index is 0.0632. The van der Waals surface area contributed by atoms with E-state index in [-0.39, 0.29) is 10.8 Å². The van der Waals surface area contributed by atoms with Crippen molar-refractivity contribution in [2.75, 3.05) is 38.0 Å². The molecule has 1 aromatic carbocycles. The van der Waals surface area contributed by atoms with Crippen LogP contribution in [0.5, 0.6) is 0 Å². The van der Waals surface area contributed by atoms with Crippen LogP contribution in [0.2, 0.25) is 0 Å². The summed E-state index contributed by atoms with van der Waals surface area (Å²) in [6.07, 6.45) is 9.42. The minimum Gasteiger partial charge on any atom is -0.325 e. The fourth-order valence-corrected chi connectivity index (χ4v) is 6.78. The number of hydrogen-bond acceptors (Lipinski definition) is 4. The summed E-state index contributed by atoms with van der Waals surface area (Å²) in [5.74, 6) is 1.52. The van der Waals surface area contributed by atoms with E-state index >= 15 is 0 Å². The zero-order valence-electron chi connectivity index (χ0n) is 17.2. The highest BCUT2D eigenvalue weighted by atomic mass is 32.2. The van der Waals surface area contributed by atoms with Gasteiger partial charge >= 0.3 is 0 Å². The molecule has 1 N–H and O–H groups in total. The lowest BCUT2D eigenvalue weighted by Crippen LogP contribution is -2.44. The van der Waals surface area contributed by atoms with Gasteiger partial charge in [-0.25, -0.2) is 8.42 Å². The lowest BCUT2D eigenvalue weighted by atomic mass is 9.75. The van der Waals surface area contributed by atoms with Gasteiger partial charge in [0.25, 0.3) is 0 Å². The smallest absolute Gasteiger partial charge is 0.243 e. The van der Waals surface area contributed by atoms with E-state index in [0.717, 1.165) is 44.2 Å². The maximum atomic E-state index is 12.9. The molecule has 1 saturated carbocycles. The summed E-state index contributed by atoms with van der Waals surface area (Å²) < 4.78 is 27.3. The summed E-state index contributed by atoms with van der Waals surface area (Å²) in [7, 11) is -3.49. The van der Waals surface area contributed by atoms with Crippen molar-refractivity contribution >= 4 is 21.6 Å². The molecule has 2 saturated heterocycles. The number of benzene rings is 1. The van der Waals surface area contributed by atoms with Crippen molar-refractivity contribution in [3.63, 3.8) is 0 Å². The Morgan fingerprint density at radius 1 is 0.966 bits per heavy atom. The van der Waals surface area contributed by atoms with Crippen LogP contribution in [0.15, 0.2) is 29.2 Å². The molecule has 160 valence electrons. The van der Waals surface area contributed by atoms with Crippen molar-refractivity contribution in [3.8, 4) is 0 Å². The number of nitrogens with zero attached hydrogens (tertiary/aromatic N) is 2. The third-order valence-corrected chi connectivity index (χ3v) is 8.71. The Labute approximate surface area is 174 Å². The lowest BCUT2D eigenvalue weighted by molar-refractivity contribution is -0.118. The second kappa shape index (κ2) is 9.14. The number of carbonyl (C=O) groups is 1. The molecule has 1 aliphatic carbocycles. The average Bonchev–Trinajstić information content (AvgIpc) is 2.74. The fourth-order valence-electron chi connectivity index (χ4n) is 5.21. The van der Waals surface area contributed by atoms with Gasteiger partial charge in [0.15, 0.2) is 0 Å². The molecule has 29 heavy (non-hydrogen) atoms. The number of rotatable bonds is 5. The van der Waals surface area contributed by atoms with Crippen LogP contribution >= 0.6 is 0 Å². The van der Waals surface area contributed by atoms with E-state index in [9.17, 15) is 13.2 Å². The van der Waals surface area contributed by atoms with Crippen LogP contribution in [0.3, 0.4) is 0 Å². The Morgan fingerprint density at radius 3 is 2.52 bits per heavy atom. The van der Waals surface area contributed by atoms with Gasteiger partial charge in [-0.3, -0.25) is 9.69 Å². The highest BCUT2D eigenvalue weighted by molar-refractivity contribution is 7.89. The second-order valence-corrected chi connectivity index (χ2v) is 10.8. The Bertz CT molecular complexity index is 820. The Kier molecular flexibility index (Phi) is 6.56. The number of sulfonamides is 1. The van der Waals surface area contributed by atoms with Crippen LogP contribution in [-0.2, 0) is 14.8 Å². The van der Waals surface area contributed by atoms with Crippen molar-refractivity contribution in [3.05, 3.63) is 24.3 Å². The molecule has 3 fully saturated rings. The molecule has 0 bridgehead atoms. The van der Waals surface area contributed by atoms with Gasteiger partial charge in [0.1, 0.15) is 0 Å². The van der Waals surface area contributed by atoms with Gasteiger partial charge < -0.3 is 5.32 Å². The molecule has 2 unspecified atom stereocenters. The average molecular weight is 420 g/mol. The molecule has 0 aromatic heterocycles. The molecular formula is C22H33N3O3S. The quantitative estimate of drug-likeness (QED) is 0.795. The standard InChI is InChI=1S/C22H33N3O3S/c26-22(17-24-14-11-18-7-2-3-8-19(18)16-24)23-20-9-6-10-21(15-20)29(27,28)25-12-4-1-5-13-25/h6,9-10,15,18-19H,1-5,7-8,11-14,16-17H2,(H,23,26). The zero-order chi connectivity index (χ0) is 20.3. The molecule has 4 rings (SSSR count). The zero-order valence-corrected chi connectivity index (χ0v) is 18.0. The van der Waals surface area contributed by atoms with E-state index < -0.39 is 10.0 Å². The van der Waals surface area contributed by atoms with E-state index in [0.29, 0.717) is 25.3 Å². The molecule has 3 aliphatic rings. The molecule has 2 aliphatic heterocycles. The minimum atomic E-state index is -3.49. The first kappa shape index (κ1) is 20.8. The Morgan fingerprint density at radius 2 is 1.72 bits per heavy atom. The van der Waals surface area contributed by atoms with Crippen LogP contribution in [0.25, 0.3) is 0 Å². The molecule has 2 heterocycles. The predicted molar refractivity (Wildman–Crippen MR) is 114 cm³/mol. The Hall–Kier alpha value is -1.44. The molecule has 2 atom stereocenters. The molecule has 1 amide bonds. The molecule has 6 nitrogen and oxygen atoms in total. The topological polar surface area (TPSA) is 69.7 Å². The monoisotopic (exact) mass is 419 g/mol. The number of carbonyl (C=O) groups excluding carboxylic acids is 1. The van der Waals surface area contributed by atoms with Crippen LogP contribution in [-0.4, -0.2) is 56.3 Å². The first-order chi connectivity index (χ1) is 14.0. The number of piperidine rings is 2. The summed E-state index contributed by atoms with van der Waals surface area (Å²) >= 11 is 0. The van der Waals surface area contributed by atoms with Crippen molar-refractivity contribution in [2.24, 2.45) is 11.8 Å². The second-order valence-electron chi connectivity index (χ2n) is 8.87. The fraction of sp³-hybridized carbons (Fsp3) is 0.682. The lowest BCUT2D eigenvalue weighted by Gasteiger charge is -2.41. The van der Waals surface area contributed by atoms with Gasteiger partial charge in [0.2, 0.25) is 15.9 Å². The maximum Gasteiger partial charge on any atom is 0.243 e. The van der Waals surface area contributed by atoms with Gasteiger partial charge in [-0.15, -0.1) is 0 Å². The molecule has 1 aromatic rings. The van der Waals surface area contributed by atoms with E-state index in [1.165, 1.54) is 32.1 Å². The van der Waals surface area contributed by atoms with Crippen LogP contribution in [0, 0.1) is 11.8 Å². The normalized spacial score (nSPS) is 26.6. The summed E-state index contributed by atoms with van der Waals surface area (Å²) in [6.45, 7) is 3.54. The summed E-state index contributed by atoms with van der Waals surface area (Å²) in [4.78, 5) is 15.1. The third-order valence-electron chi connectivity index (χ3n) is 6.81. The highest BCUT2D eigenvalue weighted by Crippen LogP contribution is 2.35. The highest BCUT2D eigenvalue weighted by Gasteiger charge is 2.31. The third kappa shape index (κ3) is 5.01. The van der Waals surface area contributed by atoms with Crippen LogP contribution in [0.1, 0.15) is 51.4 Å². The molecular weight excluding hydrogens is 386 g/mol. The van der Waals surface area contributed by atoms with E-state index in [1.807, 2.05) is 0 Å². The first-order valence-electron chi connectivity index (χ1n) is 11.1. The number of likely N-dealkylation sites (tertiary alicyclic amines) is 1. The molecule has 0 radical (unpaired) electrons. The van der Waals surface area contributed by atoms with E-state index in [1.54, 1.807) is 28.6 Å². The van der Waals surface area contributed by atoms with Crippen LogP contribution < -0.4 is 5.32 Å². The first-order valence-corrected chi connectivity index (χ1v) is 12.6. The molecule has 0 spiro atoms. The number of hydrogen-bond donors (Lipinski definition) is 1. The van der Waals surface area contributed by atoms with Crippen molar-refractivity contribution < 1.29 is 13.2 Å². The predicted octanol–water partition coefficient (Wildman–Crippen LogP) is 3.31. The summed E-state index contributed by atoms with van der Waals surface area (Å²) in [5, 5.41) is 2.91. The van der Waals surface area contributed by atoms with Gasteiger partial charge in [0.05, 0.1) is 11.4 Å². The SMILES string of the molecule is O=C(CN1CCC2CCCCC2C1)Nc1cccc(S(=O)(=O)N2CCCCC2)c1. The summed E-state index contributed by atoms with van der Waals surface area (Å²) in [5.41, 5.74) is 0.556. The van der Waals surface area contributed by atoms with Gasteiger partial charge in [0, 0.05) is 25.3 Å². The van der Waals surface area contributed by atoms with Crippen molar-refractivity contribution in [1.82, 2.24) is 9.21 Å². The number of nitrogens with one attached hydrogen (secondary N) is 1. The van der Waals surface area contributed by atoms with Gasteiger partial charge in [-0.1, -0.05) is 31.7 Å². The molecule has 7 heteroatoms. The summed E-state index contributed by atoms with van der Waals surface area (Å²) in [6, 6.07) is 6.68. The Balaban J connectivity index is 1.36. The van der Waals surface area contributed by atoms with Crippen LogP contribution in [0.4, 0.5) is 5.69 Å². The number of amides is 1. The van der Waals surface area contributed by atoms with Gasteiger partial charge in [-0.05, 0) is 62.3 Å². The van der Waals surface area contributed by atoms with E-state index in [4.69, 9.17) is 0 Å².